The van der Waals surface area contributed by atoms with Crippen LogP contribution < -0.4 is 0 Å². The maximum Gasteiger partial charge on any atom is 0.307 e. The first-order chi connectivity index (χ1) is 5.16. The van der Waals surface area contributed by atoms with E-state index in [2.05, 4.69) is 13.8 Å². The van der Waals surface area contributed by atoms with E-state index in [0.717, 1.165) is 12.8 Å². The van der Waals surface area contributed by atoms with Crippen LogP contribution in [0.3, 0.4) is 0 Å². The quantitative estimate of drug-likeness (QED) is 0.621. The summed E-state index contributed by atoms with van der Waals surface area (Å²) in [6, 6.07) is 0. The second-order valence-electron chi connectivity index (χ2n) is 2.82. The summed E-state index contributed by atoms with van der Waals surface area (Å²) >= 11 is 0. The van der Waals surface area contributed by atoms with Crippen LogP contribution >= 0.6 is 0 Å². The van der Waals surface area contributed by atoms with Gasteiger partial charge in [-0.2, -0.15) is 0 Å². The van der Waals surface area contributed by atoms with Crippen LogP contribution in [0, 0.1) is 5.92 Å². The van der Waals surface area contributed by atoms with E-state index in [4.69, 9.17) is 5.11 Å². The number of carboxylic acid groups (broad SMARTS) is 1. The summed E-state index contributed by atoms with van der Waals surface area (Å²) in [5.41, 5.74) is 0. The second kappa shape index (κ2) is 5.96. The fourth-order valence-corrected chi connectivity index (χ4v) is 0.679. The van der Waals surface area contributed by atoms with Gasteiger partial charge in [-0.25, -0.2) is 0 Å². The molecule has 0 aliphatic rings. The smallest absolute Gasteiger partial charge is 0.307 e. The van der Waals surface area contributed by atoms with Gasteiger partial charge in [0.05, 0.1) is 6.42 Å². The van der Waals surface area contributed by atoms with E-state index in [-0.39, 0.29) is 6.42 Å². The molecule has 2 heteroatoms. The summed E-state index contributed by atoms with van der Waals surface area (Å²) in [6.07, 6.45) is 5.95. The van der Waals surface area contributed by atoms with Crippen LogP contribution in [0.4, 0.5) is 0 Å². The van der Waals surface area contributed by atoms with Crippen LogP contribution in [-0.2, 0) is 4.79 Å². The first kappa shape index (κ1) is 10.2. The van der Waals surface area contributed by atoms with Gasteiger partial charge in [-0.1, -0.05) is 32.4 Å². The van der Waals surface area contributed by atoms with E-state index in [1.165, 1.54) is 0 Å². The summed E-state index contributed by atoms with van der Waals surface area (Å²) < 4.78 is 0. The van der Waals surface area contributed by atoms with Gasteiger partial charge in [0.1, 0.15) is 0 Å². The Bertz CT molecular complexity index is 138. The largest absolute Gasteiger partial charge is 0.481 e. The van der Waals surface area contributed by atoms with Crippen molar-refractivity contribution in [2.75, 3.05) is 0 Å². The van der Waals surface area contributed by atoms with E-state index >= 15 is 0 Å². The fraction of sp³-hybridized carbons (Fsp3) is 0.667. The van der Waals surface area contributed by atoms with Crippen molar-refractivity contribution in [1.82, 2.24) is 0 Å². The molecule has 2 nitrogen and oxygen atoms in total. The molecule has 1 unspecified atom stereocenters. The molecule has 0 aliphatic carbocycles. The number of carboxylic acids is 1. The van der Waals surface area contributed by atoms with E-state index in [1.54, 1.807) is 6.08 Å². The molecule has 1 atom stereocenters. The monoisotopic (exact) mass is 156 g/mol. The highest BCUT2D eigenvalue weighted by molar-refractivity contribution is 5.68. The van der Waals surface area contributed by atoms with E-state index in [9.17, 15) is 4.79 Å². The Hall–Kier alpha value is -0.790. The lowest BCUT2D eigenvalue weighted by molar-refractivity contribution is -0.136. The lowest BCUT2D eigenvalue weighted by atomic mass is 10.1. The molecule has 0 aromatic rings. The van der Waals surface area contributed by atoms with Gasteiger partial charge in [0, 0.05) is 0 Å². The number of hydrogen-bond acceptors (Lipinski definition) is 1. The van der Waals surface area contributed by atoms with Crippen molar-refractivity contribution < 1.29 is 9.90 Å². The molecule has 0 aliphatic heterocycles. The minimum absolute atomic E-state index is 0.149. The maximum atomic E-state index is 10.1. The van der Waals surface area contributed by atoms with Gasteiger partial charge in [0.2, 0.25) is 0 Å². The Morgan fingerprint density at radius 2 is 2.18 bits per heavy atom. The Kier molecular flexibility index (Phi) is 5.53. The topological polar surface area (TPSA) is 37.3 Å². The second-order valence-corrected chi connectivity index (χ2v) is 2.82. The molecular weight excluding hydrogens is 140 g/mol. The lowest BCUT2D eigenvalue weighted by Gasteiger charge is -2.01. The molecule has 64 valence electrons. The molecule has 0 rings (SSSR count). The molecule has 0 spiro atoms. The molecule has 0 aromatic carbocycles. The van der Waals surface area contributed by atoms with E-state index in [0.29, 0.717) is 5.92 Å². The van der Waals surface area contributed by atoms with Crippen molar-refractivity contribution in [3.63, 3.8) is 0 Å². The van der Waals surface area contributed by atoms with Crippen LogP contribution in [0.25, 0.3) is 0 Å². The van der Waals surface area contributed by atoms with Crippen molar-refractivity contribution in [3.05, 3.63) is 12.2 Å². The maximum absolute atomic E-state index is 10.1. The van der Waals surface area contributed by atoms with Gasteiger partial charge in [0.25, 0.3) is 0 Å². The zero-order chi connectivity index (χ0) is 8.69. The van der Waals surface area contributed by atoms with Crippen LogP contribution in [0.2, 0.25) is 0 Å². The summed E-state index contributed by atoms with van der Waals surface area (Å²) in [6.45, 7) is 4.29. The summed E-state index contributed by atoms with van der Waals surface area (Å²) in [5, 5.41) is 8.28. The summed E-state index contributed by atoms with van der Waals surface area (Å²) in [4.78, 5) is 10.1. The first-order valence-corrected chi connectivity index (χ1v) is 4.03. The number of rotatable bonds is 5. The van der Waals surface area contributed by atoms with Crippen LogP contribution in [0.5, 0.6) is 0 Å². The molecule has 0 saturated carbocycles. The molecule has 0 saturated heterocycles. The standard InChI is InChI=1S/C9H16O2/c1-3-8(2)6-4-5-7-9(10)11/h4-5,8H,3,6-7H2,1-2H3,(H,10,11)/b5-4+. The zero-order valence-corrected chi connectivity index (χ0v) is 7.21. The van der Waals surface area contributed by atoms with E-state index in [1.807, 2.05) is 6.08 Å². The average molecular weight is 156 g/mol. The molecule has 0 bridgehead atoms. The highest BCUT2D eigenvalue weighted by Crippen LogP contribution is 2.06. The predicted molar refractivity (Wildman–Crippen MR) is 45.5 cm³/mol. The molecular formula is C9H16O2. The normalized spacial score (nSPS) is 13.6. The van der Waals surface area contributed by atoms with Gasteiger partial charge in [-0.05, 0) is 12.3 Å². The first-order valence-electron chi connectivity index (χ1n) is 4.03. The third kappa shape index (κ3) is 7.10. The zero-order valence-electron chi connectivity index (χ0n) is 7.21. The van der Waals surface area contributed by atoms with Gasteiger partial charge in [-0.15, -0.1) is 0 Å². The minimum Gasteiger partial charge on any atom is -0.481 e. The molecule has 11 heavy (non-hydrogen) atoms. The Morgan fingerprint density at radius 1 is 1.55 bits per heavy atom. The van der Waals surface area contributed by atoms with Crippen molar-refractivity contribution in [2.45, 2.75) is 33.1 Å². The molecule has 0 aromatic heterocycles. The van der Waals surface area contributed by atoms with Gasteiger partial charge in [-0.3, -0.25) is 4.79 Å². The van der Waals surface area contributed by atoms with Crippen molar-refractivity contribution in [2.24, 2.45) is 5.92 Å². The van der Waals surface area contributed by atoms with Crippen molar-refractivity contribution >= 4 is 5.97 Å². The summed E-state index contributed by atoms with van der Waals surface area (Å²) in [5.74, 6) is -0.0922. The molecule has 0 amide bonds. The third-order valence-electron chi connectivity index (χ3n) is 1.69. The van der Waals surface area contributed by atoms with Gasteiger partial charge < -0.3 is 5.11 Å². The fourth-order valence-electron chi connectivity index (χ4n) is 0.679. The number of allylic oxidation sites excluding steroid dienone is 1. The molecule has 0 heterocycles. The number of carbonyl (C=O) groups is 1. The Morgan fingerprint density at radius 3 is 2.64 bits per heavy atom. The number of aliphatic carboxylic acids is 1. The number of hydrogen-bond donors (Lipinski definition) is 1. The van der Waals surface area contributed by atoms with Crippen LogP contribution in [0.15, 0.2) is 12.2 Å². The lowest BCUT2D eigenvalue weighted by Crippen LogP contribution is -1.91. The third-order valence-corrected chi connectivity index (χ3v) is 1.69. The van der Waals surface area contributed by atoms with Crippen LogP contribution in [0.1, 0.15) is 33.1 Å². The Balaban J connectivity index is 3.36. The highest BCUT2D eigenvalue weighted by atomic mass is 16.4. The van der Waals surface area contributed by atoms with Gasteiger partial charge in [0.15, 0.2) is 0 Å². The van der Waals surface area contributed by atoms with Crippen LogP contribution in [-0.4, -0.2) is 11.1 Å². The molecule has 1 N–H and O–H groups in total. The molecule has 0 radical (unpaired) electrons. The SMILES string of the molecule is CCC(C)C/C=C/CC(=O)O. The Labute approximate surface area is 67.9 Å². The summed E-state index contributed by atoms with van der Waals surface area (Å²) in [7, 11) is 0. The highest BCUT2D eigenvalue weighted by Gasteiger charge is 1.94. The van der Waals surface area contributed by atoms with E-state index < -0.39 is 5.97 Å². The van der Waals surface area contributed by atoms with Gasteiger partial charge >= 0.3 is 5.97 Å². The van der Waals surface area contributed by atoms with Crippen molar-refractivity contribution in [1.29, 1.82) is 0 Å². The average Bonchev–Trinajstić information content (AvgIpc) is 1.97. The minimum atomic E-state index is -0.759. The molecule has 0 fully saturated rings. The predicted octanol–water partition coefficient (Wildman–Crippen LogP) is 2.45. The van der Waals surface area contributed by atoms with Crippen molar-refractivity contribution in [3.8, 4) is 0 Å².